The lowest BCUT2D eigenvalue weighted by molar-refractivity contribution is -0.114. The first-order chi connectivity index (χ1) is 9.56. The van der Waals surface area contributed by atoms with Crippen LogP contribution in [0.3, 0.4) is 0 Å². The highest BCUT2D eigenvalue weighted by Crippen LogP contribution is 2.29. The zero-order valence-corrected chi connectivity index (χ0v) is 12.6. The summed E-state index contributed by atoms with van der Waals surface area (Å²) in [6, 6.07) is 10.9. The lowest BCUT2D eigenvalue weighted by Gasteiger charge is -2.10. The van der Waals surface area contributed by atoms with Gasteiger partial charge in [0.05, 0.1) is 21.7 Å². The Labute approximate surface area is 129 Å². The van der Waals surface area contributed by atoms with Crippen LogP contribution in [0.2, 0.25) is 5.02 Å². The van der Waals surface area contributed by atoms with E-state index >= 15 is 0 Å². The van der Waals surface area contributed by atoms with Gasteiger partial charge in [0.2, 0.25) is 5.91 Å². The number of carbonyl (C=O) groups excluding carboxylic acids is 1. The number of anilines is 2. The van der Waals surface area contributed by atoms with Crippen molar-refractivity contribution < 1.29 is 9.18 Å². The van der Waals surface area contributed by atoms with Gasteiger partial charge in [0.1, 0.15) is 5.82 Å². The largest absolute Gasteiger partial charge is 0.375 e. The summed E-state index contributed by atoms with van der Waals surface area (Å²) < 4.78 is 13.4. The summed E-state index contributed by atoms with van der Waals surface area (Å²) in [7, 11) is 0. The third-order valence-corrected chi connectivity index (χ3v) is 3.92. The van der Waals surface area contributed by atoms with Crippen molar-refractivity contribution in [3.63, 3.8) is 0 Å². The van der Waals surface area contributed by atoms with Gasteiger partial charge in [-0.2, -0.15) is 0 Å². The van der Waals surface area contributed by atoms with Crippen LogP contribution < -0.4 is 10.6 Å². The molecule has 3 nitrogen and oxygen atoms in total. The van der Waals surface area contributed by atoms with Crippen molar-refractivity contribution in [1.82, 2.24) is 0 Å². The lowest BCUT2D eigenvalue weighted by Crippen LogP contribution is -2.21. The van der Waals surface area contributed by atoms with Crippen LogP contribution >= 0.6 is 27.5 Å². The molecule has 0 fully saturated rings. The van der Waals surface area contributed by atoms with E-state index < -0.39 is 0 Å². The predicted octanol–water partition coefficient (Wildman–Crippen LogP) is 4.29. The predicted molar refractivity (Wildman–Crippen MR) is 82.7 cm³/mol. The van der Waals surface area contributed by atoms with Crippen LogP contribution in [0.4, 0.5) is 15.8 Å². The summed E-state index contributed by atoms with van der Waals surface area (Å²) in [5.74, 6) is -0.576. The molecule has 0 saturated carbocycles. The van der Waals surface area contributed by atoms with Gasteiger partial charge in [0.15, 0.2) is 0 Å². The molecule has 6 heteroatoms. The van der Waals surface area contributed by atoms with Crippen LogP contribution in [-0.4, -0.2) is 12.5 Å². The van der Waals surface area contributed by atoms with Crippen molar-refractivity contribution in [1.29, 1.82) is 0 Å². The van der Waals surface area contributed by atoms with E-state index in [0.29, 0.717) is 15.2 Å². The Balaban J connectivity index is 1.92. The molecule has 2 aromatic carbocycles. The molecule has 0 bridgehead atoms. The molecule has 0 heterocycles. The molecule has 1 amide bonds. The summed E-state index contributed by atoms with van der Waals surface area (Å²) in [6.07, 6.45) is 0. The van der Waals surface area contributed by atoms with Crippen LogP contribution in [0.25, 0.3) is 0 Å². The molecule has 20 heavy (non-hydrogen) atoms. The molecule has 2 N–H and O–H groups in total. The maximum atomic E-state index is 12.7. The molecule has 0 atom stereocenters. The number of amides is 1. The fraction of sp³-hybridized carbons (Fsp3) is 0.0714. The highest BCUT2D eigenvalue weighted by Gasteiger charge is 2.06. The minimum Gasteiger partial charge on any atom is -0.375 e. The fourth-order valence-corrected chi connectivity index (χ4v) is 2.13. The van der Waals surface area contributed by atoms with Gasteiger partial charge in [0, 0.05) is 5.69 Å². The van der Waals surface area contributed by atoms with Crippen LogP contribution in [0.1, 0.15) is 0 Å². The first-order valence-electron chi connectivity index (χ1n) is 5.79. The number of nitrogens with one attached hydrogen (secondary N) is 2. The number of rotatable bonds is 4. The molecule has 2 aromatic rings. The minimum absolute atomic E-state index is 0.0797. The fourth-order valence-electron chi connectivity index (χ4n) is 1.55. The zero-order chi connectivity index (χ0) is 14.5. The van der Waals surface area contributed by atoms with E-state index in [1.54, 1.807) is 18.2 Å². The molecule has 104 valence electrons. The second-order valence-electron chi connectivity index (χ2n) is 4.01. The zero-order valence-electron chi connectivity index (χ0n) is 10.3. The van der Waals surface area contributed by atoms with Gasteiger partial charge in [0.25, 0.3) is 0 Å². The maximum Gasteiger partial charge on any atom is 0.243 e. The third kappa shape index (κ3) is 3.95. The van der Waals surface area contributed by atoms with Crippen molar-refractivity contribution in [2.75, 3.05) is 17.2 Å². The lowest BCUT2D eigenvalue weighted by atomic mass is 10.3. The summed E-state index contributed by atoms with van der Waals surface area (Å²) in [6.45, 7) is 0.0797. The summed E-state index contributed by atoms with van der Waals surface area (Å²) >= 11 is 9.29. The van der Waals surface area contributed by atoms with E-state index in [4.69, 9.17) is 11.6 Å². The summed E-state index contributed by atoms with van der Waals surface area (Å²) in [5.41, 5.74) is 1.27. The first kappa shape index (κ1) is 14.8. The Morgan fingerprint density at radius 2 is 1.90 bits per heavy atom. The number of hydrogen-bond acceptors (Lipinski definition) is 2. The van der Waals surface area contributed by atoms with Gasteiger partial charge in [-0.1, -0.05) is 17.7 Å². The van der Waals surface area contributed by atoms with E-state index in [9.17, 15) is 9.18 Å². The van der Waals surface area contributed by atoms with Crippen LogP contribution in [-0.2, 0) is 4.79 Å². The average Bonchev–Trinajstić information content (AvgIpc) is 2.43. The molecule has 0 aliphatic rings. The molecule has 2 rings (SSSR count). The first-order valence-corrected chi connectivity index (χ1v) is 6.96. The number of carbonyl (C=O) groups is 1. The molecule has 0 radical (unpaired) electrons. The van der Waals surface area contributed by atoms with Gasteiger partial charge < -0.3 is 10.6 Å². The van der Waals surface area contributed by atoms with Crippen molar-refractivity contribution in [3.8, 4) is 0 Å². The molecule has 0 aliphatic carbocycles. The normalized spacial score (nSPS) is 10.2. The van der Waals surface area contributed by atoms with Crippen LogP contribution in [0, 0.1) is 5.82 Å². The highest BCUT2D eigenvalue weighted by atomic mass is 79.9. The Kier molecular flexibility index (Phi) is 4.98. The van der Waals surface area contributed by atoms with Crippen molar-refractivity contribution in [3.05, 3.63) is 57.8 Å². The molecule has 0 aliphatic heterocycles. The van der Waals surface area contributed by atoms with Gasteiger partial charge >= 0.3 is 0 Å². The van der Waals surface area contributed by atoms with Crippen molar-refractivity contribution in [2.24, 2.45) is 0 Å². The average molecular weight is 358 g/mol. The van der Waals surface area contributed by atoms with Gasteiger partial charge in [-0.15, -0.1) is 0 Å². The quantitative estimate of drug-likeness (QED) is 0.857. The second-order valence-corrected chi connectivity index (χ2v) is 5.21. The Morgan fingerprint density at radius 1 is 1.20 bits per heavy atom. The van der Waals surface area contributed by atoms with Crippen LogP contribution in [0.5, 0.6) is 0 Å². The second kappa shape index (κ2) is 6.72. The standard InChI is InChI=1S/C14H11BrClFN2O/c15-14-11(16)2-1-3-12(14)18-8-13(20)19-10-6-4-9(17)5-7-10/h1-7,18H,8H2,(H,19,20). The van der Waals surface area contributed by atoms with Gasteiger partial charge in [-0.25, -0.2) is 4.39 Å². The molecule has 0 saturated heterocycles. The number of benzene rings is 2. The summed E-state index contributed by atoms with van der Waals surface area (Å²) in [5, 5.41) is 6.19. The van der Waals surface area contributed by atoms with Crippen molar-refractivity contribution >= 4 is 44.8 Å². The van der Waals surface area contributed by atoms with Gasteiger partial charge in [-0.3, -0.25) is 4.79 Å². The Bertz CT molecular complexity index is 619. The third-order valence-electron chi connectivity index (χ3n) is 2.52. The highest BCUT2D eigenvalue weighted by molar-refractivity contribution is 9.10. The molecular formula is C14H11BrClFN2O. The van der Waals surface area contributed by atoms with E-state index in [0.717, 1.165) is 5.69 Å². The molecule has 0 aromatic heterocycles. The Morgan fingerprint density at radius 3 is 2.60 bits per heavy atom. The number of halogens is 3. The monoisotopic (exact) mass is 356 g/mol. The topological polar surface area (TPSA) is 41.1 Å². The minimum atomic E-state index is -0.344. The van der Waals surface area contributed by atoms with Gasteiger partial charge in [-0.05, 0) is 52.3 Å². The molecule has 0 spiro atoms. The maximum absolute atomic E-state index is 12.7. The summed E-state index contributed by atoms with van der Waals surface area (Å²) in [4.78, 5) is 11.8. The molecular weight excluding hydrogens is 347 g/mol. The van der Waals surface area contributed by atoms with E-state index in [-0.39, 0.29) is 18.3 Å². The smallest absolute Gasteiger partial charge is 0.243 e. The van der Waals surface area contributed by atoms with E-state index in [1.807, 2.05) is 0 Å². The van der Waals surface area contributed by atoms with E-state index in [2.05, 4.69) is 26.6 Å². The Hall–Kier alpha value is -1.59. The SMILES string of the molecule is O=C(CNc1cccc(Cl)c1Br)Nc1ccc(F)cc1. The number of hydrogen-bond donors (Lipinski definition) is 2. The van der Waals surface area contributed by atoms with Crippen LogP contribution in [0.15, 0.2) is 46.9 Å². The van der Waals surface area contributed by atoms with Crippen molar-refractivity contribution in [2.45, 2.75) is 0 Å². The van der Waals surface area contributed by atoms with E-state index in [1.165, 1.54) is 24.3 Å². The molecule has 0 unspecified atom stereocenters.